The van der Waals surface area contributed by atoms with E-state index in [1.165, 1.54) is 30.3 Å². The van der Waals surface area contributed by atoms with Crippen molar-refractivity contribution in [3.05, 3.63) is 63.9 Å². The molecule has 2 rings (SSSR count). The van der Waals surface area contributed by atoms with Crippen molar-refractivity contribution in [3.63, 3.8) is 0 Å². The Balaban J connectivity index is 2.26. The van der Waals surface area contributed by atoms with E-state index >= 15 is 0 Å². The number of rotatable bonds is 4. The summed E-state index contributed by atoms with van der Waals surface area (Å²) < 4.78 is 37.1. The zero-order valence-electron chi connectivity index (χ0n) is 10.5. The molecule has 7 heteroatoms. The van der Waals surface area contributed by atoms with Crippen molar-refractivity contribution in [1.29, 1.82) is 0 Å². The molecule has 0 bridgehead atoms. The van der Waals surface area contributed by atoms with Gasteiger partial charge in [0.25, 0.3) is 0 Å². The highest BCUT2D eigenvalue weighted by Crippen LogP contribution is 2.25. The molecule has 0 amide bonds. The van der Waals surface area contributed by atoms with Crippen LogP contribution in [-0.4, -0.2) is 20.0 Å². The molecule has 21 heavy (non-hydrogen) atoms. The monoisotopic (exact) mass is 346 g/mol. The lowest BCUT2D eigenvalue weighted by molar-refractivity contribution is 0.102. The Hall–Kier alpha value is -1.43. The Kier molecular flexibility index (Phi) is 4.66. The maximum absolute atomic E-state index is 12.8. The van der Waals surface area contributed by atoms with Crippen LogP contribution in [0.2, 0.25) is 10.0 Å². The molecule has 0 aliphatic rings. The molecule has 0 radical (unpaired) electrons. The van der Waals surface area contributed by atoms with Gasteiger partial charge in [0.15, 0.2) is 15.6 Å². The van der Waals surface area contributed by atoms with Crippen LogP contribution < -0.4 is 0 Å². The Morgan fingerprint density at radius 3 is 2.19 bits per heavy atom. The number of hydrogen-bond acceptors (Lipinski definition) is 3. The second kappa shape index (κ2) is 6.13. The van der Waals surface area contributed by atoms with Gasteiger partial charge < -0.3 is 0 Å². The van der Waals surface area contributed by atoms with Crippen molar-refractivity contribution < 1.29 is 17.6 Å². The molecule has 0 N–H and O–H groups in total. The fourth-order valence-corrected chi connectivity index (χ4v) is 3.26. The number of hydrogen-bond donors (Lipinski definition) is 0. The summed E-state index contributed by atoms with van der Waals surface area (Å²) in [5, 5.41) is 0.312. The third kappa shape index (κ3) is 3.81. The predicted molar refractivity (Wildman–Crippen MR) is 79.2 cm³/mol. The largest absolute Gasteiger partial charge is 0.293 e. The van der Waals surface area contributed by atoms with Gasteiger partial charge in [0, 0.05) is 5.56 Å². The van der Waals surface area contributed by atoms with E-state index in [0.29, 0.717) is 0 Å². The molecule has 0 saturated heterocycles. The first kappa shape index (κ1) is 15.9. The van der Waals surface area contributed by atoms with E-state index in [0.717, 1.165) is 12.1 Å². The second-order valence-electron chi connectivity index (χ2n) is 4.27. The number of carbonyl (C=O) groups is 1. The number of Topliss-reactive ketones (excluding diaryl/α,β-unsaturated/α-hetero) is 1. The van der Waals surface area contributed by atoms with Crippen LogP contribution in [-0.2, 0) is 9.84 Å². The fraction of sp³-hybridized carbons (Fsp3) is 0.0714. The van der Waals surface area contributed by atoms with Crippen molar-refractivity contribution in [2.45, 2.75) is 4.90 Å². The van der Waals surface area contributed by atoms with Crippen LogP contribution in [0, 0.1) is 5.82 Å². The minimum Gasteiger partial charge on any atom is -0.293 e. The summed E-state index contributed by atoms with van der Waals surface area (Å²) in [6.07, 6.45) is 0. The molecule has 3 nitrogen and oxygen atoms in total. The van der Waals surface area contributed by atoms with Gasteiger partial charge >= 0.3 is 0 Å². The molecule has 2 aromatic rings. The summed E-state index contributed by atoms with van der Waals surface area (Å²) >= 11 is 11.5. The standard InChI is InChI=1S/C14H9Cl2FO3S/c15-12-6-5-11(7-13(12)16)21(19,20)8-14(18)9-1-3-10(17)4-2-9/h1-7H,8H2. The first-order valence-electron chi connectivity index (χ1n) is 5.76. The molecule has 2 aromatic carbocycles. The molecule has 0 unspecified atom stereocenters. The average molecular weight is 347 g/mol. The molecule has 0 heterocycles. The molecular formula is C14H9Cl2FO3S. The van der Waals surface area contributed by atoms with Crippen LogP contribution in [0.1, 0.15) is 10.4 Å². The third-order valence-corrected chi connectivity index (χ3v) is 5.09. The number of sulfone groups is 1. The summed E-state index contributed by atoms with van der Waals surface area (Å²) in [6.45, 7) is 0. The van der Waals surface area contributed by atoms with Gasteiger partial charge in [0.1, 0.15) is 11.6 Å². The topological polar surface area (TPSA) is 51.2 Å². The molecule has 0 atom stereocenters. The smallest absolute Gasteiger partial charge is 0.185 e. The molecule has 0 fully saturated rings. The Morgan fingerprint density at radius 1 is 1.00 bits per heavy atom. The van der Waals surface area contributed by atoms with Crippen molar-refractivity contribution in [3.8, 4) is 0 Å². The first-order chi connectivity index (χ1) is 9.79. The third-order valence-electron chi connectivity index (χ3n) is 2.74. The van der Waals surface area contributed by atoms with E-state index in [2.05, 4.69) is 0 Å². The van der Waals surface area contributed by atoms with E-state index in [1.807, 2.05) is 0 Å². The highest BCUT2D eigenvalue weighted by Gasteiger charge is 2.21. The minimum atomic E-state index is -3.84. The van der Waals surface area contributed by atoms with E-state index in [1.54, 1.807) is 0 Å². The quantitative estimate of drug-likeness (QED) is 0.791. The van der Waals surface area contributed by atoms with Crippen LogP contribution in [0.4, 0.5) is 4.39 Å². The van der Waals surface area contributed by atoms with E-state index in [9.17, 15) is 17.6 Å². The van der Waals surface area contributed by atoms with Gasteiger partial charge in [-0.3, -0.25) is 4.79 Å². The van der Waals surface area contributed by atoms with E-state index in [-0.39, 0.29) is 20.5 Å². The van der Waals surface area contributed by atoms with E-state index < -0.39 is 27.2 Å². The number of carbonyl (C=O) groups excluding carboxylic acids is 1. The molecule has 0 saturated carbocycles. The van der Waals surface area contributed by atoms with Crippen LogP contribution in [0.25, 0.3) is 0 Å². The lowest BCUT2D eigenvalue weighted by Gasteiger charge is -2.05. The minimum absolute atomic E-state index is 0.0898. The molecule has 0 aliphatic heterocycles. The van der Waals surface area contributed by atoms with E-state index in [4.69, 9.17) is 23.2 Å². The number of benzene rings is 2. The average Bonchev–Trinajstić information content (AvgIpc) is 2.42. The Morgan fingerprint density at radius 2 is 1.62 bits per heavy atom. The van der Waals surface area contributed by atoms with Gasteiger partial charge in [-0.2, -0.15) is 0 Å². The van der Waals surface area contributed by atoms with Gasteiger partial charge in [-0.1, -0.05) is 23.2 Å². The van der Waals surface area contributed by atoms with Gasteiger partial charge in [0.2, 0.25) is 0 Å². The number of halogens is 3. The second-order valence-corrected chi connectivity index (χ2v) is 7.07. The van der Waals surface area contributed by atoms with Crippen molar-refractivity contribution in [1.82, 2.24) is 0 Å². The normalized spacial score (nSPS) is 11.4. The molecule has 110 valence electrons. The van der Waals surface area contributed by atoms with Gasteiger partial charge in [-0.25, -0.2) is 12.8 Å². The van der Waals surface area contributed by atoms with Crippen LogP contribution in [0.5, 0.6) is 0 Å². The van der Waals surface area contributed by atoms with Crippen LogP contribution in [0.15, 0.2) is 47.4 Å². The summed E-state index contributed by atoms with van der Waals surface area (Å²) in [7, 11) is -3.84. The SMILES string of the molecule is O=C(CS(=O)(=O)c1ccc(Cl)c(Cl)c1)c1ccc(F)cc1. The molecule has 0 aliphatic carbocycles. The fourth-order valence-electron chi connectivity index (χ4n) is 1.65. The predicted octanol–water partition coefficient (Wildman–Crippen LogP) is 3.79. The first-order valence-corrected chi connectivity index (χ1v) is 8.17. The summed E-state index contributed by atoms with van der Waals surface area (Å²) in [6, 6.07) is 8.49. The maximum atomic E-state index is 12.8. The van der Waals surface area contributed by atoms with Crippen LogP contribution >= 0.6 is 23.2 Å². The summed E-state index contributed by atoms with van der Waals surface area (Å²) in [5.41, 5.74) is 0.125. The lowest BCUT2D eigenvalue weighted by Crippen LogP contribution is -2.16. The summed E-state index contributed by atoms with van der Waals surface area (Å²) in [5.74, 6) is -1.85. The zero-order chi connectivity index (χ0) is 15.6. The highest BCUT2D eigenvalue weighted by molar-refractivity contribution is 7.92. The van der Waals surface area contributed by atoms with Crippen LogP contribution in [0.3, 0.4) is 0 Å². The van der Waals surface area contributed by atoms with Crippen molar-refractivity contribution >= 4 is 38.8 Å². The molecular weight excluding hydrogens is 338 g/mol. The summed E-state index contributed by atoms with van der Waals surface area (Å²) in [4.78, 5) is 11.8. The molecule has 0 aromatic heterocycles. The Labute approximate surface area is 131 Å². The van der Waals surface area contributed by atoms with Crippen molar-refractivity contribution in [2.75, 3.05) is 5.75 Å². The van der Waals surface area contributed by atoms with Crippen molar-refractivity contribution in [2.24, 2.45) is 0 Å². The van der Waals surface area contributed by atoms with Gasteiger partial charge in [-0.15, -0.1) is 0 Å². The highest BCUT2D eigenvalue weighted by atomic mass is 35.5. The van der Waals surface area contributed by atoms with Gasteiger partial charge in [0.05, 0.1) is 14.9 Å². The maximum Gasteiger partial charge on any atom is 0.185 e. The van der Waals surface area contributed by atoms with Gasteiger partial charge in [-0.05, 0) is 42.5 Å². The number of ketones is 1. The lowest BCUT2D eigenvalue weighted by atomic mass is 10.1. The Bertz CT molecular complexity index is 786. The zero-order valence-corrected chi connectivity index (χ0v) is 12.8. The molecule has 0 spiro atoms.